The third-order valence-corrected chi connectivity index (χ3v) is 31.0. The maximum Gasteiger partial charge on any atom is 0.334 e. The average molecular weight is 1270 g/mol. The number of carbonyl (C=O) groups is 4. The van der Waals surface area contributed by atoms with Crippen LogP contribution in [0.4, 0.5) is 0 Å². The molecule has 0 bridgehead atoms. The normalized spacial score (nSPS) is 43.5. The molecule has 1 heterocycles. The summed E-state index contributed by atoms with van der Waals surface area (Å²) in [7, 11) is 0. The van der Waals surface area contributed by atoms with E-state index >= 15 is 9.59 Å². The Labute approximate surface area is 544 Å². The van der Waals surface area contributed by atoms with Gasteiger partial charge in [0.05, 0.1) is 28.6 Å². The van der Waals surface area contributed by atoms with Gasteiger partial charge in [-0.15, -0.1) is 0 Å². The van der Waals surface area contributed by atoms with Crippen LogP contribution in [0.5, 0.6) is 28.7 Å². The maximum atomic E-state index is 16.6. The second-order valence-electron chi connectivity index (χ2n) is 36.2. The molecular weight excluding hydrogens is 1160 g/mol. The van der Waals surface area contributed by atoms with E-state index in [4.69, 9.17) is 14.2 Å². The van der Waals surface area contributed by atoms with Crippen molar-refractivity contribution in [2.24, 2.45) is 106 Å². The third kappa shape index (κ3) is 8.40. The summed E-state index contributed by atoms with van der Waals surface area (Å²) in [5.41, 5.74) is -2.65. The lowest BCUT2D eigenvalue weighted by Gasteiger charge is -2.71. The topological polar surface area (TPSA) is 238 Å². The molecule has 0 radical (unpaired) electrons. The number of hydrogen-bond donors (Lipinski definition) is 7. The highest BCUT2D eigenvalue weighted by Gasteiger charge is 2.74. The number of carbonyl (C=O) groups excluding carboxylic acids is 2. The van der Waals surface area contributed by atoms with Gasteiger partial charge in [-0.25, -0.2) is 4.79 Å². The zero-order chi connectivity index (χ0) is 66.1. The second kappa shape index (κ2) is 20.4. The number of aliphatic carboxylic acids is 2. The van der Waals surface area contributed by atoms with Gasteiger partial charge in [0.15, 0.2) is 23.0 Å². The number of aliphatic hydroxyl groups excluding tert-OH is 2. The lowest BCUT2D eigenvalue weighted by molar-refractivity contribution is -0.218. The number of aliphatic hydroxyl groups is 2. The number of phenolic OH excluding ortho intramolecular Hbond substituents is 3. The molecule has 2 aromatic carbocycles. The molecule has 1 aliphatic heterocycles. The molecule has 4 unspecified atom stereocenters. The number of hydrogen-bond acceptors (Lipinski definition) is 12. The lowest BCUT2D eigenvalue weighted by atomic mass is 9.33. The Morgan fingerprint density at radius 2 is 1.01 bits per heavy atom. The van der Waals surface area contributed by atoms with Crippen molar-refractivity contribution < 1.29 is 69.1 Å². The Morgan fingerprint density at radius 3 is 1.50 bits per heavy atom. The number of esters is 2. The van der Waals surface area contributed by atoms with Crippen LogP contribution in [-0.4, -0.2) is 85.0 Å². The van der Waals surface area contributed by atoms with E-state index < -0.39 is 91.9 Å². The van der Waals surface area contributed by atoms with Crippen LogP contribution < -0.4 is 4.74 Å². The first-order valence-corrected chi connectivity index (χ1v) is 35.3. The van der Waals surface area contributed by atoms with E-state index in [1.54, 1.807) is 12.1 Å². The molecular formula is C78H104O14. The zero-order valence-electron chi connectivity index (χ0n) is 56.9. The van der Waals surface area contributed by atoms with Crippen LogP contribution in [0.15, 0.2) is 53.1 Å². The van der Waals surface area contributed by atoms with E-state index in [2.05, 4.69) is 95.2 Å². The van der Waals surface area contributed by atoms with Crippen molar-refractivity contribution in [1.29, 1.82) is 0 Å². The van der Waals surface area contributed by atoms with Gasteiger partial charge < -0.3 is 50.0 Å². The van der Waals surface area contributed by atoms with Gasteiger partial charge in [-0.2, -0.15) is 0 Å². The highest BCUT2D eigenvalue weighted by molar-refractivity contribution is 6.03. The van der Waals surface area contributed by atoms with Crippen molar-refractivity contribution in [3.63, 3.8) is 0 Å². The molecule has 7 N–H and O–H groups in total. The van der Waals surface area contributed by atoms with Crippen LogP contribution in [0.3, 0.4) is 0 Å². The minimum absolute atomic E-state index is 0.0109. The molecule has 18 atom stereocenters. The fourth-order valence-electron chi connectivity index (χ4n) is 25.6. The SMILES string of the molecule is CC1(C)CC[C@]2(C(=O)O)CC[C@]3(COC(=O)C4=Cc5ccc(O)c6c5C(c5cc(O)c(O)cc5O6)C4C(=O)OC[C@@]45CC[C@@]6(C(=O)O)CCC(C)(C)CC6C4=CC[C@@H]4[C@@]6(C)CC[C@H](O)C(C)(C)[C@@H]6CC[C@]45C)C(=CC[C@@H]4[C@@]5(C)CC[C@H](O)C(C)(C)[C@@H]5CC[C@]43C)C2C1. The Morgan fingerprint density at radius 1 is 0.543 bits per heavy atom. The molecule has 0 aromatic heterocycles. The molecule has 8 saturated carbocycles. The number of ether oxygens (including phenoxy) is 3. The number of phenols is 3. The summed E-state index contributed by atoms with van der Waals surface area (Å²) in [6.45, 7) is 27.2. The Bertz CT molecular complexity index is 3590. The Kier molecular flexibility index (Phi) is 14.2. The largest absolute Gasteiger partial charge is 0.504 e. The quantitative estimate of drug-likeness (QED) is 0.0740. The first-order chi connectivity index (χ1) is 42.9. The van der Waals surface area contributed by atoms with Crippen LogP contribution in [0.2, 0.25) is 0 Å². The highest BCUT2D eigenvalue weighted by atomic mass is 16.5. The number of carboxylic acids is 2. The van der Waals surface area contributed by atoms with Crippen molar-refractivity contribution in [2.75, 3.05) is 13.2 Å². The van der Waals surface area contributed by atoms with Crippen LogP contribution in [0, 0.1) is 106 Å². The molecule has 14 nitrogen and oxygen atoms in total. The van der Waals surface area contributed by atoms with Gasteiger partial charge in [-0.3, -0.25) is 14.4 Å². The van der Waals surface area contributed by atoms with E-state index in [0.29, 0.717) is 80.9 Å². The summed E-state index contributed by atoms with van der Waals surface area (Å²) in [5, 5.41) is 80.4. The second-order valence-corrected chi connectivity index (χ2v) is 36.2. The molecule has 0 saturated heterocycles. The van der Waals surface area contributed by atoms with Gasteiger partial charge in [0, 0.05) is 33.9 Å². The zero-order valence-corrected chi connectivity index (χ0v) is 56.9. The van der Waals surface area contributed by atoms with E-state index in [1.807, 2.05) is 0 Å². The third-order valence-electron chi connectivity index (χ3n) is 31.0. The van der Waals surface area contributed by atoms with Crippen molar-refractivity contribution in [3.8, 4) is 28.7 Å². The fourth-order valence-corrected chi connectivity index (χ4v) is 25.6. The van der Waals surface area contributed by atoms with Crippen molar-refractivity contribution >= 4 is 30.0 Å². The van der Waals surface area contributed by atoms with Crippen LogP contribution in [0.25, 0.3) is 6.08 Å². The summed E-state index contributed by atoms with van der Waals surface area (Å²) < 4.78 is 20.7. The summed E-state index contributed by atoms with van der Waals surface area (Å²) in [4.78, 5) is 61.0. The van der Waals surface area contributed by atoms with Crippen molar-refractivity contribution in [1.82, 2.24) is 0 Å². The van der Waals surface area contributed by atoms with Crippen LogP contribution >= 0.6 is 0 Å². The minimum Gasteiger partial charge on any atom is -0.504 e. The monoisotopic (exact) mass is 1260 g/mol. The van der Waals surface area contributed by atoms with Crippen molar-refractivity contribution in [2.45, 2.75) is 230 Å². The smallest absolute Gasteiger partial charge is 0.334 e. The number of rotatable bonds is 8. The highest BCUT2D eigenvalue weighted by Crippen LogP contribution is 2.79. The van der Waals surface area contributed by atoms with Gasteiger partial charge in [-0.1, -0.05) is 112 Å². The molecule has 500 valence electrons. The van der Waals surface area contributed by atoms with E-state index in [1.165, 1.54) is 18.2 Å². The lowest BCUT2D eigenvalue weighted by Crippen LogP contribution is -2.66. The first-order valence-electron chi connectivity index (χ1n) is 35.3. The van der Waals surface area contributed by atoms with Crippen LogP contribution in [-0.2, 0) is 28.7 Å². The predicted octanol–water partition coefficient (Wildman–Crippen LogP) is 15.6. The van der Waals surface area contributed by atoms with Crippen LogP contribution in [0.1, 0.15) is 234 Å². The maximum absolute atomic E-state index is 16.6. The van der Waals surface area contributed by atoms with Gasteiger partial charge in [0.1, 0.15) is 24.9 Å². The molecule has 92 heavy (non-hydrogen) atoms. The molecule has 14 rings (SSSR count). The standard InChI is InChI=1S/C78H104O14/c1-67(2)27-29-75(65(86)87)31-33-77(45(47(75)38-67)14-17-55-71(9)23-21-57(82)69(5,6)53(71)19-25-73(55,77)11)40-90-63(84)44-35-42-13-16-49(79)62-59(42)60(43-36-50(80)51(81)37-52(43)92-62)61(44)64(85)91-41-78-34-32-76(66(88)89)30-28-68(3,4)39-48(76)46(78)15-18-56-72(10)24-22-58(83)70(7,8)54(72)20-26-74(56,78)12/h13-16,35-37,47-48,53-58,60-61,79-83H,17-34,38-41H2,1-12H3,(H,86,87)(H,88,89)/t47?,48?,53-,54-,55+,56+,57-,58-,60?,61?,71-,72-,73+,74+,75-,76-,77-,78-/m0/s1. The summed E-state index contributed by atoms with van der Waals surface area (Å²) in [5.74, 6) is -6.67. The molecule has 0 amide bonds. The molecule has 12 aliphatic rings. The van der Waals surface area contributed by atoms with Gasteiger partial charge in [0.2, 0.25) is 0 Å². The van der Waals surface area contributed by atoms with E-state index in [9.17, 15) is 45.3 Å². The molecule has 14 heteroatoms. The summed E-state index contributed by atoms with van der Waals surface area (Å²) >= 11 is 0. The van der Waals surface area contributed by atoms with Gasteiger partial charge >= 0.3 is 23.9 Å². The fraction of sp³-hybridized carbons (Fsp3) is 0.718. The summed E-state index contributed by atoms with van der Waals surface area (Å²) in [6, 6.07) is 5.77. The van der Waals surface area contributed by atoms with Crippen molar-refractivity contribution in [3.05, 3.63) is 69.8 Å². The Balaban J connectivity index is 0.889. The molecule has 2 aromatic rings. The number of carboxylic acid groups (broad SMARTS) is 2. The first kappa shape index (κ1) is 64.0. The van der Waals surface area contributed by atoms with E-state index in [0.717, 1.165) is 75.4 Å². The van der Waals surface area contributed by atoms with Gasteiger partial charge in [0.25, 0.3) is 0 Å². The molecule has 11 aliphatic carbocycles. The van der Waals surface area contributed by atoms with E-state index in [-0.39, 0.29) is 104 Å². The Hall–Kier alpha value is -5.34. The minimum atomic E-state index is -1.46. The number of benzene rings is 2. The predicted molar refractivity (Wildman–Crippen MR) is 347 cm³/mol. The number of fused-ring (bicyclic) bond motifs is 16. The molecule has 0 spiro atoms. The summed E-state index contributed by atoms with van der Waals surface area (Å²) in [6.07, 6.45) is 19.0. The van der Waals surface area contributed by atoms with Gasteiger partial charge in [-0.05, 0) is 231 Å². The average Bonchev–Trinajstić information content (AvgIpc) is 0.680. The number of aromatic hydroxyl groups is 3. The molecule has 8 fully saturated rings. The number of allylic oxidation sites excluding steroid dienone is 2.